The second-order valence-electron chi connectivity index (χ2n) is 16.0. The molecule has 0 aliphatic heterocycles. The van der Waals surface area contributed by atoms with Gasteiger partial charge in [-0.1, -0.05) is 64.4 Å². The van der Waals surface area contributed by atoms with Gasteiger partial charge in [-0.3, -0.25) is 4.79 Å². The Morgan fingerprint density at radius 3 is 2.38 bits per heavy atom. The molecule has 3 aliphatic rings. The highest BCUT2D eigenvalue weighted by Crippen LogP contribution is 2.64. The van der Waals surface area contributed by atoms with Gasteiger partial charge in [0.2, 0.25) is 0 Å². The monoisotopic (exact) mass is 582 g/mol. The maximum Gasteiger partial charge on any atom is 0.166 e. The van der Waals surface area contributed by atoms with E-state index in [1.807, 2.05) is 6.08 Å². The first-order valence-electron chi connectivity index (χ1n) is 16.3. The fraction of sp³-hybridized carbons (Fsp3) is 0.743. The molecule has 4 rings (SSSR count). The number of carbonyl (C=O) groups excluding carboxylic acids is 1. The van der Waals surface area contributed by atoms with Gasteiger partial charge in [-0.25, -0.2) is 0 Å². The molecular formula is C35H58O3Si2. The van der Waals surface area contributed by atoms with Crippen LogP contribution in [0.4, 0.5) is 0 Å². The second kappa shape index (κ2) is 13.1. The molecule has 1 aromatic rings. The lowest BCUT2D eigenvalue weighted by atomic mass is 9.51. The molecule has 2 fully saturated rings. The number of unbranched alkanes of at least 4 members (excludes halogenated alkanes) is 1. The Labute approximate surface area is 247 Å². The SMILES string of the molecule is C=CCCC[C@@H]1C(=O)c2cc(COCC[Si](C)(C)C)ccc2[C@H]2CC[C@]3(C)[C@@H](COCC[Si](C)(C)C)CC[C@H]3[C@H]12. The van der Waals surface area contributed by atoms with Crippen LogP contribution in [-0.4, -0.2) is 41.8 Å². The Kier molecular flexibility index (Phi) is 10.4. The van der Waals surface area contributed by atoms with Gasteiger partial charge in [0, 0.05) is 47.4 Å². The molecule has 0 N–H and O–H groups in total. The van der Waals surface area contributed by atoms with Gasteiger partial charge >= 0.3 is 0 Å². The van der Waals surface area contributed by atoms with E-state index < -0.39 is 16.1 Å². The number of rotatable bonds is 14. The van der Waals surface area contributed by atoms with Crippen molar-refractivity contribution >= 4 is 21.9 Å². The molecule has 3 nitrogen and oxygen atoms in total. The topological polar surface area (TPSA) is 35.5 Å². The van der Waals surface area contributed by atoms with E-state index in [4.69, 9.17) is 9.47 Å². The highest BCUT2D eigenvalue weighted by Gasteiger charge is 2.58. The van der Waals surface area contributed by atoms with E-state index in [1.165, 1.54) is 43.3 Å². The molecule has 0 amide bonds. The molecule has 0 bridgehead atoms. The largest absolute Gasteiger partial charge is 0.381 e. The lowest BCUT2D eigenvalue weighted by Crippen LogP contribution is -2.48. The van der Waals surface area contributed by atoms with Crippen LogP contribution in [0.25, 0.3) is 0 Å². The third-order valence-electron chi connectivity index (χ3n) is 10.6. The Hall–Kier alpha value is -1.02. The molecule has 224 valence electrons. The zero-order valence-corrected chi connectivity index (χ0v) is 28.8. The summed E-state index contributed by atoms with van der Waals surface area (Å²) in [5.41, 5.74) is 3.78. The van der Waals surface area contributed by atoms with Crippen molar-refractivity contribution in [2.45, 2.75) is 116 Å². The van der Waals surface area contributed by atoms with Gasteiger partial charge in [-0.05, 0) is 103 Å². The van der Waals surface area contributed by atoms with Crippen LogP contribution in [-0.2, 0) is 16.1 Å². The van der Waals surface area contributed by atoms with Crippen molar-refractivity contribution in [3.63, 3.8) is 0 Å². The lowest BCUT2D eigenvalue weighted by Gasteiger charge is -2.53. The van der Waals surface area contributed by atoms with Crippen molar-refractivity contribution in [1.82, 2.24) is 0 Å². The Morgan fingerprint density at radius 2 is 1.70 bits per heavy atom. The molecule has 2 saturated carbocycles. The van der Waals surface area contributed by atoms with E-state index in [0.717, 1.165) is 50.2 Å². The summed E-state index contributed by atoms with van der Waals surface area (Å²) < 4.78 is 12.4. The summed E-state index contributed by atoms with van der Waals surface area (Å²) in [5, 5.41) is 0. The maximum atomic E-state index is 14.3. The third kappa shape index (κ3) is 7.49. The van der Waals surface area contributed by atoms with Crippen molar-refractivity contribution in [2.75, 3.05) is 19.8 Å². The van der Waals surface area contributed by atoms with Crippen molar-refractivity contribution < 1.29 is 14.3 Å². The maximum absolute atomic E-state index is 14.3. The van der Waals surface area contributed by atoms with E-state index in [1.54, 1.807) is 0 Å². The molecule has 40 heavy (non-hydrogen) atoms. The average molecular weight is 583 g/mol. The molecule has 3 aliphatic carbocycles. The molecule has 0 radical (unpaired) electrons. The van der Waals surface area contributed by atoms with E-state index in [2.05, 4.69) is 71.0 Å². The number of carbonyl (C=O) groups is 1. The van der Waals surface area contributed by atoms with Crippen LogP contribution in [0.15, 0.2) is 30.9 Å². The van der Waals surface area contributed by atoms with Gasteiger partial charge in [0.15, 0.2) is 5.78 Å². The molecule has 6 atom stereocenters. The fourth-order valence-electron chi connectivity index (χ4n) is 8.08. The molecule has 1 aromatic carbocycles. The zero-order chi connectivity index (χ0) is 29.1. The van der Waals surface area contributed by atoms with Crippen LogP contribution in [0, 0.1) is 29.1 Å². The third-order valence-corrected chi connectivity index (χ3v) is 14.0. The van der Waals surface area contributed by atoms with E-state index in [9.17, 15) is 4.79 Å². The minimum Gasteiger partial charge on any atom is -0.381 e. The molecule has 5 heteroatoms. The van der Waals surface area contributed by atoms with Gasteiger partial charge in [-0.15, -0.1) is 6.58 Å². The second-order valence-corrected chi connectivity index (χ2v) is 27.2. The first kappa shape index (κ1) is 31.9. The van der Waals surface area contributed by atoms with Crippen molar-refractivity contribution in [2.24, 2.45) is 29.1 Å². The number of ether oxygens (including phenoxy) is 2. The summed E-state index contributed by atoms with van der Waals surface area (Å²) in [6, 6.07) is 9.16. The quantitative estimate of drug-likeness (QED) is 0.124. The van der Waals surface area contributed by atoms with Crippen molar-refractivity contribution in [3.05, 3.63) is 47.5 Å². The fourth-order valence-corrected chi connectivity index (χ4v) is 9.60. The van der Waals surface area contributed by atoms with Gasteiger partial charge in [0.05, 0.1) is 6.61 Å². The average Bonchev–Trinajstić information content (AvgIpc) is 3.21. The predicted molar refractivity (Wildman–Crippen MR) is 175 cm³/mol. The Bertz CT molecular complexity index is 1020. The van der Waals surface area contributed by atoms with Gasteiger partial charge in [-0.2, -0.15) is 0 Å². The first-order chi connectivity index (χ1) is 18.8. The normalized spacial score (nSPS) is 30.1. The summed E-state index contributed by atoms with van der Waals surface area (Å²) in [6.45, 7) is 24.2. The van der Waals surface area contributed by atoms with Crippen molar-refractivity contribution in [1.29, 1.82) is 0 Å². The number of Topliss-reactive ketones (excluding diaryl/α,β-unsaturated/α-hetero) is 1. The molecule has 0 saturated heterocycles. The molecular weight excluding hydrogens is 525 g/mol. The Morgan fingerprint density at radius 1 is 1.00 bits per heavy atom. The van der Waals surface area contributed by atoms with E-state index in [0.29, 0.717) is 41.5 Å². The zero-order valence-electron chi connectivity index (χ0n) is 26.8. The summed E-state index contributed by atoms with van der Waals surface area (Å²) in [5.74, 6) is 2.76. The molecule has 0 aromatic heterocycles. The minimum atomic E-state index is -1.11. The molecule has 0 heterocycles. The van der Waals surface area contributed by atoms with Crippen LogP contribution in [0.3, 0.4) is 0 Å². The Balaban J connectivity index is 1.52. The standard InChI is InChI=1S/C35H58O3Si2/c1-9-10-11-12-30-33-29(17-18-35(2)27(14-16-32(33)35)25-38-20-22-40(6,7)8)28-15-13-26(23-31(28)34(30)36)24-37-19-21-39(3,4)5/h9,13,15,23,27,29-30,32-33H,1,10-12,14,16-22,24-25H2,2-8H3/t27-,29-,30+,32+,33+,35-/m1/s1. The smallest absolute Gasteiger partial charge is 0.166 e. The summed E-state index contributed by atoms with van der Waals surface area (Å²) in [7, 11) is -2.18. The van der Waals surface area contributed by atoms with E-state index in [-0.39, 0.29) is 5.92 Å². The predicted octanol–water partition coefficient (Wildman–Crippen LogP) is 9.59. The number of ketones is 1. The summed E-state index contributed by atoms with van der Waals surface area (Å²) in [4.78, 5) is 14.3. The number of hydrogen-bond acceptors (Lipinski definition) is 3. The van der Waals surface area contributed by atoms with Crippen LogP contribution in [0.1, 0.15) is 79.3 Å². The van der Waals surface area contributed by atoms with Gasteiger partial charge in [0.1, 0.15) is 0 Å². The number of benzene rings is 1. The van der Waals surface area contributed by atoms with Gasteiger partial charge < -0.3 is 9.47 Å². The highest BCUT2D eigenvalue weighted by molar-refractivity contribution is 6.76. The summed E-state index contributed by atoms with van der Waals surface area (Å²) in [6.07, 6.45) is 10.0. The van der Waals surface area contributed by atoms with Crippen molar-refractivity contribution in [3.8, 4) is 0 Å². The lowest BCUT2D eigenvalue weighted by molar-refractivity contribution is -0.0212. The first-order valence-corrected chi connectivity index (χ1v) is 23.7. The molecule has 0 unspecified atom stereocenters. The van der Waals surface area contributed by atoms with E-state index >= 15 is 0 Å². The van der Waals surface area contributed by atoms with Crippen LogP contribution >= 0.6 is 0 Å². The van der Waals surface area contributed by atoms with Gasteiger partial charge in [0.25, 0.3) is 0 Å². The van der Waals surface area contributed by atoms with Crippen LogP contribution < -0.4 is 0 Å². The van der Waals surface area contributed by atoms with Crippen LogP contribution in [0.5, 0.6) is 0 Å². The number of allylic oxidation sites excluding steroid dienone is 1. The number of fused-ring (bicyclic) bond motifs is 5. The summed E-state index contributed by atoms with van der Waals surface area (Å²) >= 11 is 0. The number of hydrogen-bond donors (Lipinski definition) is 0. The highest BCUT2D eigenvalue weighted by atomic mass is 28.3. The van der Waals surface area contributed by atoms with Crippen LogP contribution in [0.2, 0.25) is 51.4 Å². The minimum absolute atomic E-state index is 0.136. The molecule has 0 spiro atoms.